The van der Waals surface area contributed by atoms with Gasteiger partial charge >= 0.3 is 5.97 Å². The van der Waals surface area contributed by atoms with Gasteiger partial charge < -0.3 is 14.8 Å². The van der Waals surface area contributed by atoms with E-state index in [1.54, 1.807) is 19.1 Å². The highest BCUT2D eigenvalue weighted by Gasteiger charge is 2.35. The summed E-state index contributed by atoms with van der Waals surface area (Å²) < 4.78 is 37.4. The SMILES string of the molecule is CCOC(=O)c1ccc(N2C(=O)C=C(NC3CCN(S(=O)(=O)c4ccc(OC)cc4)CC3)C2=O)cc1. The monoisotopic (exact) mass is 513 g/mol. The number of benzene rings is 2. The third-order valence-corrected chi connectivity index (χ3v) is 7.98. The number of imide groups is 1. The van der Waals surface area contributed by atoms with Crippen molar-refractivity contribution in [3.05, 3.63) is 65.9 Å². The third-order valence-electron chi connectivity index (χ3n) is 6.07. The van der Waals surface area contributed by atoms with Gasteiger partial charge in [0.15, 0.2) is 0 Å². The van der Waals surface area contributed by atoms with Crippen molar-refractivity contribution in [2.45, 2.75) is 30.7 Å². The fraction of sp³-hybridized carbons (Fsp3) is 0.320. The average Bonchev–Trinajstić information content (AvgIpc) is 3.17. The zero-order chi connectivity index (χ0) is 25.9. The lowest BCUT2D eigenvalue weighted by molar-refractivity contribution is -0.120. The number of anilines is 1. The Bertz CT molecular complexity index is 1280. The van der Waals surface area contributed by atoms with Gasteiger partial charge in [0.05, 0.1) is 29.9 Å². The molecule has 36 heavy (non-hydrogen) atoms. The number of carbonyl (C=O) groups is 3. The number of methoxy groups -OCH3 is 1. The fourth-order valence-corrected chi connectivity index (χ4v) is 5.61. The molecule has 0 aliphatic carbocycles. The number of esters is 1. The Morgan fingerprint density at radius 3 is 2.25 bits per heavy atom. The summed E-state index contributed by atoms with van der Waals surface area (Å²) in [6.07, 6.45) is 2.19. The van der Waals surface area contributed by atoms with Crippen LogP contribution in [0.3, 0.4) is 0 Å². The number of carbonyl (C=O) groups excluding carboxylic acids is 3. The highest BCUT2D eigenvalue weighted by Crippen LogP contribution is 2.26. The van der Waals surface area contributed by atoms with E-state index in [0.717, 1.165) is 4.90 Å². The van der Waals surface area contributed by atoms with Crippen molar-refractivity contribution < 1.29 is 32.3 Å². The highest BCUT2D eigenvalue weighted by molar-refractivity contribution is 7.89. The number of nitrogens with one attached hydrogen (secondary N) is 1. The Kier molecular flexibility index (Phi) is 7.41. The van der Waals surface area contributed by atoms with Crippen LogP contribution in [0.1, 0.15) is 30.1 Å². The Balaban J connectivity index is 1.36. The van der Waals surface area contributed by atoms with Crippen molar-refractivity contribution in [2.75, 3.05) is 31.7 Å². The molecule has 2 aliphatic heterocycles. The van der Waals surface area contributed by atoms with E-state index in [2.05, 4.69) is 5.32 Å². The van der Waals surface area contributed by atoms with E-state index in [1.807, 2.05) is 0 Å². The summed E-state index contributed by atoms with van der Waals surface area (Å²) in [6.45, 7) is 2.51. The van der Waals surface area contributed by atoms with Gasteiger partial charge in [-0.3, -0.25) is 9.59 Å². The largest absolute Gasteiger partial charge is 0.497 e. The summed E-state index contributed by atoms with van der Waals surface area (Å²) in [4.78, 5) is 38.5. The molecule has 0 unspecified atom stereocenters. The van der Waals surface area contributed by atoms with E-state index in [-0.39, 0.29) is 36.3 Å². The molecule has 1 N–H and O–H groups in total. The molecular weight excluding hydrogens is 486 g/mol. The second kappa shape index (κ2) is 10.5. The van der Waals surface area contributed by atoms with Gasteiger partial charge in [0.25, 0.3) is 11.8 Å². The van der Waals surface area contributed by atoms with Crippen LogP contribution >= 0.6 is 0 Å². The molecule has 1 saturated heterocycles. The van der Waals surface area contributed by atoms with Gasteiger partial charge in [-0.1, -0.05) is 0 Å². The Hall–Kier alpha value is -3.70. The number of ether oxygens (including phenoxy) is 2. The van der Waals surface area contributed by atoms with Crippen LogP contribution in [0.25, 0.3) is 0 Å². The number of amides is 2. The molecule has 4 rings (SSSR count). The highest BCUT2D eigenvalue weighted by atomic mass is 32.2. The molecule has 2 amide bonds. The molecule has 190 valence electrons. The topological polar surface area (TPSA) is 122 Å². The van der Waals surface area contributed by atoms with E-state index >= 15 is 0 Å². The predicted octanol–water partition coefficient (Wildman–Crippen LogP) is 2.07. The van der Waals surface area contributed by atoms with E-state index < -0.39 is 27.8 Å². The van der Waals surface area contributed by atoms with Crippen LogP contribution in [-0.2, 0) is 24.3 Å². The zero-order valence-electron chi connectivity index (χ0n) is 20.0. The molecule has 11 heteroatoms. The Morgan fingerprint density at radius 2 is 1.67 bits per heavy atom. The van der Waals surface area contributed by atoms with Crippen molar-refractivity contribution in [1.82, 2.24) is 9.62 Å². The van der Waals surface area contributed by atoms with Gasteiger partial charge in [-0.05, 0) is 68.3 Å². The lowest BCUT2D eigenvalue weighted by Gasteiger charge is -2.32. The van der Waals surface area contributed by atoms with E-state index in [4.69, 9.17) is 9.47 Å². The molecule has 0 radical (unpaired) electrons. The van der Waals surface area contributed by atoms with Crippen LogP contribution in [-0.4, -0.2) is 63.4 Å². The maximum atomic E-state index is 13.0. The van der Waals surface area contributed by atoms with Gasteiger partial charge in [-0.25, -0.2) is 18.1 Å². The van der Waals surface area contributed by atoms with Crippen LogP contribution < -0.4 is 15.0 Å². The minimum absolute atomic E-state index is 0.158. The first-order chi connectivity index (χ1) is 17.2. The third kappa shape index (κ3) is 5.12. The van der Waals surface area contributed by atoms with Crippen LogP contribution in [0, 0.1) is 0 Å². The maximum Gasteiger partial charge on any atom is 0.338 e. The van der Waals surface area contributed by atoms with Crippen LogP contribution in [0.15, 0.2) is 65.2 Å². The lowest BCUT2D eigenvalue weighted by atomic mass is 10.1. The second-order valence-corrected chi connectivity index (χ2v) is 10.2. The van der Waals surface area contributed by atoms with Crippen LogP contribution in [0.5, 0.6) is 5.75 Å². The summed E-state index contributed by atoms with van der Waals surface area (Å²) in [5, 5.41) is 3.11. The first-order valence-corrected chi connectivity index (χ1v) is 13.0. The van der Waals surface area contributed by atoms with Gasteiger partial charge in [0, 0.05) is 25.2 Å². The molecule has 0 spiro atoms. The van der Waals surface area contributed by atoms with E-state index in [0.29, 0.717) is 29.8 Å². The number of sulfonamides is 1. The smallest absolute Gasteiger partial charge is 0.338 e. The minimum Gasteiger partial charge on any atom is -0.497 e. The second-order valence-electron chi connectivity index (χ2n) is 8.30. The number of nitrogens with zero attached hydrogens (tertiary/aromatic N) is 2. The first kappa shape index (κ1) is 25.4. The predicted molar refractivity (Wildman–Crippen MR) is 131 cm³/mol. The van der Waals surface area contributed by atoms with Crippen LogP contribution in [0.4, 0.5) is 5.69 Å². The number of hydrogen-bond donors (Lipinski definition) is 1. The van der Waals surface area contributed by atoms with Gasteiger partial charge in [0.2, 0.25) is 10.0 Å². The molecule has 2 aromatic carbocycles. The zero-order valence-corrected chi connectivity index (χ0v) is 20.8. The van der Waals surface area contributed by atoms with E-state index in [9.17, 15) is 22.8 Å². The molecule has 2 heterocycles. The maximum absolute atomic E-state index is 13.0. The Morgan fingerprint density at radius 1 is 1.03 bits per heavy atom. The molecule has 2 aromatic rings. The summed E-state index contributed by atoms with van der Waals surface area (Å²) >= 11 is 0. The quantitative estimate of drug-likeness (QED) is 0.421. The average molecular weight is 514 g/mol. The summed E-state index contributed by atoms with van der Waals surface area (Å²) in [7, 11) is -2.13. The van der Waals surface area contributed by atoms with E-state index in [1.165, 1.54) is 53.9 Å². The van der Waals surface area contributed by atoms with Crippen LogP contribution in [0.2, 0.25) is 0 Å². The minimum atomic E-state index is -3.64. The van der Waals surface area contributed by atoms with Crippen molar-refractivity contribution in [3.8, 4) is 5.75 Å². The molecule has 0 aromatic heterocycles. The molecule has 10 nitrogen and oxygen atoms in total. The van der Waals surface area contributed by atoms with Gasteiger partial charge in [-0.2, -0.15) is 4.31 Å². The lowest BCUT2D eigenvalue weighted by Crippen LogP contribution is -2.45. The Labute approximate surface area is 209 Å². The molecule has 2 aliphatic rings. The summed E-state index contributed by atoms with van der Waals surface area (Å²) in [5.41, 5.74) is 0.819. The molecule has 0 atom stereocenters. The normalized spacial score (nSPS) is 17.2. The molecule has 0 saturated carbocycles. The van der Waals surface area contributed by atoms with Crippen molar-refractivity contribution in [1.29, 1.82) is 0 Å². The number of piperidine rings is 1. The van der Waals surface area contributed by atoms with Crippen molar-refractivity contribution in [3.63, 3.8) is 0 Å². The molecule has 1 fully saturated rings. The van der Waals surface area contributed by atoms with Gasteiger partial charge in [0.1, 0.15) is 11.4 Å². The molecule has 0 bridgehead atoms. The summed E-state index contributed by atoms with van der Waals surface area (Å²) in [6, 6.07) is 12.1. The van der Waals surface area contributed by atoms with Gasteiger partial charge in [-0.15, -0.1) is 0 Å². The van der Waals surface area contributed by atoms with Crippen molar-refractivity contribution in [2.24, 2.45) is 0 Å². The standard InChI is InChI=1S/C25H27N3O7S/c1-3-35-25(31)17-4-6-19(7-5-17)28-23(29)16-22(24(28)30)26-18-12-14-27(15-13-18)36(32,33)21-10-8-20(34-2)9-11-21/h4-11,16,18,26H,3,12-15H2,1-2H3. The summed E-state index contributed by atoms with van der Waals surface area (Å²) in [5.74, 6) is -0.906. The number of hydrogen-bond acceptors (Lipinski definition) is 8. The number of rotatable bonds is 8. The fourth-order valence-electron chi connectivity index (χ4n) is 4.14. The van der Waals surface area contributed by atoms with Crippen molar-refractivity contribution >= 4 is 33.5 Å². The first-order valence-electron chi connectivity index (χ1n) is 11.5. The molecular formula is C25H27N3O7S.